The standard InChI is InChI=1S/C12H11ClN2O2S3/c13-11-3-4-12(19-11)20(16,17)15-5-6-18-10-2-1-8(14)7-9(10)15/h1-4,7H,5-6,14H2. The van der Waals surface area contributed by atoms with Crippen molar-refractivity contribution in [1.82, 2.24) is 0 Å². The molecule has 0 radical (unpaired) electrons. The average molecular weight is 347 g/mol. The van der Waals surface area contributed by atoms with Gasteiger partial charge in [-0.25, -0.2) is 8.42 Å². The topological polar surface area (TPSA) is 63.4 Å². The molecule has 0 unspecified atom stereocenters. The molecule has 1 aromatic carbocycles. The van der Waals surface area contributed by atoms with Gasteiger partial charge in [-0.2, -0.15) is 0 Å². The minimum Gasteiger partial charge on any atom is -0.399 e. The lowest BCUT2D eigenvalue weighted by molar-refractivity contribution is 0.593. The number of nitrogens with two attached hydrogens (primary N) is 1. The van der Waals surface area contributed by atoms with Gasteiger partial charge in [-0.3, -0.25) is 4.31 Å². The molecule has 4 nitrogen and oxygen atoms in total. The van der Waals surface area contributed by atoms with E-state index < -0.39 is 10.0 Å². The van der Waals surface area contributed by atoms with E-state index in [1.165, 1.54) is 10.4 Å². The Hall–Kier alpha value is -0.890. The van der Waals surface area contributed by atoms with Gasteiger partial charge in [0.25, 0.3) is 10.0 Å². The molecule has 2 heterocycles. The van der Waals surface area contributed by atoms with Crippen LogP contribution in [0.2, 0.25) is 4.34 Å². The molecule has 0 saturated carbocycles. The largest absolute Gasteiger partial charge is 0.399 e. The maximum absolute atomic E-state index is 12.7. The zero-order chi connectivity index (χ0) is 14.3. The van der Waals surface area contributed by atoms with Gasteiger partial charge in [0, 0.05) is 22.9 Å². The molecular weight excluding hydrogens is 336 g/mol. The third-order valence-electron chi connectivity index (χ3n) is 2.90. The zero-order valence-corrected chi connectivity index (χ0v) is 13.5. The molecule has 2 aromatic rings. The van der Waals surface area contributed by atoms with Crippen molar-refractivity contribution in [2.45, 2.75) is 9.10 Å². The predicted molar refractivity (Wildman–Crippen MR) is 85.4 cm³/mol. The Balaban J connectivity index is 2.10. The molecule has 1 aliphatic heterocycles. The van der Waals surface area contributed by atoms with Crippen molar-refractivity contribution < 1.29 is 8.42 Å². The predicted octanol–water partition coefficient (Wildman–Crippen LogP) is 3.28. The van der Waals surface area contributed by atoms with E-state index in [0.29, 0.717) is 22.3 Å². The van der Waals surface area contributed by atoms with Crippen molar-refractivity contribution in [2.24, 2.45) is 0 Å². The Labute approximate surface area is 130 Å². The summed E-state index contributed by atoms with van der Waals surface area (Å²) < 4.78 is 27.5. The Bertz CT molecular complexity index is 758. The van der Waals surface area contributed by atoms with Crippen LogP contribution in [0.5, 0.6) is 0 Å². The first-order valence-corrected chi connectivity index (χ1v) is 9.41. The number of halogens is 1. The number of rotatable bonds is 2. The molecule has 0 aliphatic carbocycles. The molecular formula is C12H11ClN2O2S3. The van der Waals surface area contributed by atoms with Crippen LogP contribution in [0, 0.1) is 0 Å². The van der Waals surface area contributed by atoms with E-state index in [1.807, 2.05) is 6.07 Å². The third-order valence-corrected chi connectivity index (χ3v) is 7.45. The maximum atomic E-state index is 12.7. The van der Waals surface area contributed by atoms with Gasteiger partial charge < -0.3 is 5.73 Å². The number of hydrogen-bond acceptors (Lipinski definition) is 5. The molecule has 0 fully saturated rings. The van der Waals surface area contributed by atoms with E-state index >= 15 is 0 Å². The van der Waals surface area contributed by atoms with Crippen LogP contribution in [0.4, 0.5) is 11.4 Å². The number of hydrogen-bond donors (Lipinski definition) is 1. The summed E-state index contributed by atoms with van der Waals surface area (Å²) in [6.07, 6.45) is 0. The monoisotopic (exact) mass is 346 g/mol. The highest BCUT2D eigenvalue weighted by Gasteiger charge is 2.30. The molecule has 1 aromatic heterocycles. The van der Waals surface area contributed by atoms with E-state index in [9.17, 15) is 8.42 Å². The Kier molecular flexibility index (Phi) is 3.62. The van der Waals surface area contributed by atoms with E-state index in [0.717, 1.165) is 22.0 Å². The van der Waals surface area contributed by atoms with E-state index in [2.05, 4.69) is 0 Å². The first-order chi connectivity index (χ1) is 9.48. The maximum Gasteiger partial charge on any atom is 0.273 e. The number of thioether (sulfide) groups is 1. The second-order valence-corrected chi connectivity index (χ2v) is 9.15. The van der Waals surface area contributed by atoms with Crippen molar-refractivity contribution >= 4 is 56.1 Å². The minimum absolute atomic E-state index is 0.253. The summed E-state index contributed by atoms with van der Waals surface area (Å²) in [6.45, 7) is 0.430. The molecule has 0 amide bonds. The number of sulfonamides is 1. The van der Waals surface area contributed by atoms with Gasteiger partial charge in [0.1, 0.15) is 4.21 Å². The van der Waals surface area contributed by atoms with Crippen LogP contribution in [-0.2, 0) is 10.0 Å². The zero-order valence-electron chi connectivity index (χ0n) is 10.2. The molecule has 2 N–H and O–H groups in total. The Morgan fingerprint density at radius 1 is 1.25 bits per heavy atom. The lowest BCUT2D eigenvalue weighted by Gasteiger charge is -2.29. The van der Waals surface area contributed by atoms with Crippen LogP contribution in [0.1, 0.15) is 0 Å². The summed E-state index contributed by atoms with van der Waals surface area (Å²) >= 11 is 8.54. The van der Waals surface area contributed by atoms with Crippen molar-refractivity contribution in [3.05, 3.63) is 34.7 Å². The minimum atomic E-state index is -3.57. The summed E-state index contributed by atoms with van der Waals surface area (Å²) in [4.78, 5) is 0.927. The molecule has 20 heavy (non-hydrogen) atoms. The van der Waals surface area contributed by atoms with Gasteiger partial charge in [-0.1, -0.05) is 11.6 Å². The van der Waals surface area contributed by atoms with Crippen LogP contribution in [0.3, 0.4) is 0 Å². The van der Waals surface area contributed by atoms with Crippen LogP contribution in [0.15, 0.2) is 39.4 Å². The highest BCUT2D eigenvalue weighted by molar-refractivity contribution is 8.00. The van der Waals surface area contributed by atoms with Gasteiger partial charge in [-0.15, -0.1) is 23.1 Å². The number of nitrogens with zero attached hydrogens (tertiary/aromatic N) is 1. The van der Waals surface area contributed by atoms with Gasteiger partial charge in [0.05, 0.1) is 10.0 Å². The van der Waals surface area contributed by atoms with Gasteiger partial charge >= 0.3 is 0 Å². The van der Waals surface area contributed by atoms with Crippen LogP contribution in [0.25, 0.3) is 0 Å². The summed E-state index contributed by atoms with van der Waals surface area (Å²) in [7, 11) is -3.57. The first-order valence-electron chi connectivity index (χ1n) is 5.79. The van der Waals surface area contributed by atoms with Gasteiger partial charge in [0.2, 0.25) is 0 Å². The highest BCUT2D eigenvalue weighted by atomic mass is 35.5. The number of thiophene rings is 1. The van der Waals surface area contributed by atoms with Crippen LogP contribution < -0.4 is 10.0 Å². The lowest BCUT2D eigenvalue weighted by atomic mass is 10.3. The molecule has 0 saturated heterocycles. The first kappa shape index (κ1) is 14.1. The SMILES string of the molecule is Nc1ccc2c(c1)N(S(=O)(=O)c1ccc(Cl)s1)CCS2. The molecule has 0 bridgehead atoms. The molecule has 106 valence electrons. The van der Waals surface area contributed by atoms with Gasteiger partial charge in [-0.05, 0) is 30.3 Å². The number of benzene rings is 1. The fourth-order valence-corrected chi connectivity index (χ4v) is 6.23. The summed E-state index contributed by atoms with van der Waals surface area (Å²) in [5, 5.41) is 0. The summed E-state index contributed by atoms with van der Waals surface area (Å²) in [5.41, 5.74) is 6.98. The smallest absolute Gasteiger partial charge is 0.273 e. The molecule has 8 heteroatoms. The van der Waals surface area contributed by atoms with Crippen molar-refractivity contribution in [3.63, 3.8) is 0 Å². The van der Waals surface area contributed by atoms with E-state index in [-0.39, 0.29) is 4.21 Å². The fourth-order valence-electron chi connectivity index (χ4n) is 2.00. The highest BCUT2D eigenvalue weighted by Crippen LogP contribution is 2.40. The second-order valence-electron chi connectivity index (χ2n) is 4.21. The lowest BCUT2D eigenvalue weighted by Crippen LogP contribution is -2.35. The quantitative estimate of drug-likeness (QED) is 0.847. The summed E-state index contributed by atoms with van der Waals surface area (Å²) in [5.74, 6) is 0.718. The average Bonchev–Trinajstić information content (AvgIpc) is 2.85. The van der Waals surface area contributed by atoms with Crippen LogP contribution >= 0.6 is 34.7 Å². The van der Waals surface area contributed by atoms with Crippen molar-refractivity contribution in [3.8, 4) is 0 Å². The molecule has 0 spiro atoms. The Morgan fingerprint density at radius 3 is 2.75 bits per heavy atom. The molecule has 3 rings (SSSR count). The molecule has 1 aliphatic rings. The van der Waals surface area contributed by atoms with E-state index in [4.69, 9.17) is 17.3 Å². The number of anilines is 2. The van der Waals surface area contributed by atoms with Crippen LogP contribution in [-0.4, -0.2) is 20.7 Å². The Morgan fingerprint density at radius 2 is 2.05 bits per heavy atom. The van der Waals surface area contributed by atoms with Crippen molar-refractivity contribution in [1.29, 1.82) is 0 Å². The van der Waals surface area contributed by atoms with E-state index in [1.54, 1.807) is 30.0 Å². The fraction of sp³-hybridized carbons (Fsp3) is 0.167. The second kappa shape index (κ2) is 5.14. The molecule has 0 atom stereocenters. The van der Waals surface area contributed by atoms with Crippen molar-refractivity contribution in [2.75, 3.05) is 22.3 Å². The number of nitrogen functional groups attached to an aromatic ring is 1. The third kappa shape index (κ3) is 2.39. The summed E-state index contributed by atoms with van der Waals surface area (Å²) in [6, 6.07) is 8.48. The van der Waals surface area contributed by atoms with Gasteiger partial charge in [0.15, 0.2) is 0 Å². The number of fused-ring (bicyclic) bond motifs is 1. The normalized spacial score (nSPS) is 15.2.